The van der Waals surface area contributed by atoms with Gasteiger partial charge < -0.3 is 10.1 Å². The Labute approximate surface area is 152 Å². The summed E-state index contributed by atoms with van der Waals surface area (Å²) in [6.07, 6.45) is 0.719. The van der Waals surface area contributed by atoms with E-state index in [0.29, 0.717) is 0 Å². The Balaban J connectivity index is 1.81. The number of carbonyl (C=O) groups is 3. The third-order valence-corrected chi connectivity index (χ3v) is 5.23. The van der Waals surface area contributed by atoms with Crippen LogP contribution in [-0.4, -0.2) is 44.8 Å². The Morgan fingerprint density at radius 2 is 1.96 bits per heavy atom. The SMILES string of the molecule is CC(=O)c1cccc(S(=O)(=O)NCCC(=O)O[C@@H](C)C(=O)NC2CC2)c1. The summed E-state index contributed by atoms with van der Waals surface area (Å²) < 4.78 is 31.7. The predicted molar refractivity (Wildman–Crippen MR) is 93.0 cm³/mol. The summed E-state index contributed by atoms with van der Waals surface area (Å²) in [7, 11) is -3.85. The molecule has 1 aromatic rings. The molecule has 142 valence electrons. The summed E-state index contributed by atoms with van der Waals surface area (Å²) in [5, 5.41) is 2.72. The first kappa shape index (κ1) is 20.1. The third-order valence-electron chi connectivity index (χ3n) is 3.77. The quantitative estimate of drug-likeness (QED) is 0.481. The molecular weight excluding hydrogens is 360 g/mol. The second-order valence-corrected chi connectivity index (χ2v) is 7.91. The number of sulfonamides is 1. The van der Waals surface area contributed by atoms with Crippen molar-refractivity contribution in [1.82, 2.24) is 10.0 Å². The van der Waals surface area contributed by atoms with Gasteiger partial charge in [-0.25, -0.2) is 13.1 Å². The molecule has 0 saturated heterocycles. The molecule has 0 bridgehead atoms. The number of esters is 1. The first-order valence-corrected chi connectivity index (χ1v) is 9.78. The van der Waals surface area contributed by atoms with E-state index in [1.165, 1.54) is 38.1 Å². The smallest absolute Gasteiger partial charge is 0.307 e. The van der Waals surface area contributed by atoms with Gasteiger partial charge in [-0.1, -0.05) is 12.1 Å². The minimum absolute atomic E-state index is 0.0595. The highest BCUT2D eigenvalue weighted by molar-refractivity contribution is 7.89. The normalized spacial score (nSPS) is 15.2. The Bertz CT molecular complexity index is 801. The lowest BCUT2D eigenvalue weighted by molar-refractivity contribution is -0.154. The molecule has 0 heterocycles. The Kier molecular flexibility index (Phi) is 6.49. The van der Waals surface area contributed by atoms with E-state index in [1.807, 2.05) is 0 Å². The number of carbonyl (C=O) groups excluding carboxylic acids is 3. The summed E-state index contributed by atoms with van der Waals surface area (Å²) in [6, 6.07) is 5.79. The maximum Gasteiger partial charge on any atom is 0.307 e. The van der Waals surface area contributed by atoms with Crippen molar-refractivity contribution in [3.8, 4) is 0 Å². The Hall–Kier alpha value is -2.26. The van der Waals surface area contributed by atoms with Gasteiger partial charge in [0.05, 0.1) is 11.3 Å². The topological polar surface area (TPSA) is 119 Å². The molecule has 0 aliphatic heterocycles. The number of rotatable bonds is 9. The fourth-order valence-electron chi connectivity index (χ4n) is 2.11. The number of hydrogen-bond acceptors (Lipinski definition) is 6. The highest BCUT2D eigenvalue weighted by Gasteiger charge is 2.27. The fourth-order valence-corrected chi connectivity index (χ4v) is 3.19. The number of ketones is 1. The maximum absolute atomic E-state index is 12.2. The highest BCUT2D eigenvalue weighted by atomic mass is 32.2. The lowest BCUT2D eigenvalue weighted by Crippen LogP contribution is -2.37. The van der Waals surface area contributed by atoms with Gasteiger partial charge in [0.2, 0.25) is 10.0 Å². The molecule has 2 N–H and O–H groups in total. The highest BCUT2D eigenvalue weighted by Crippen LogP contribution is 2.18. The standard InChI is InChI=1S/C17H22N2O6S/c1-11(20)13-4-3-5-15(10-13)26(23,24)18-9-8-16(21)25-12(2)17(22)19-14-6-7-14/h3-5,10,12,14,18H,6-9H2,1-2H3,(H,19,22)/t12-/m0/s1. The van der Waals surface area contributed by atoms with Gasteiger partial charge in [0.25, 0.3) is 5.91 Å². The molecule has 1 fully saturated rings. The summed E-state index contributed by atoms with van der Waals surface area (Å²) in [5.41, 5.74) is 0.280. The number of amides is 1. The molecule has 1 aromatic carbocycles. The van der Waals surface area contributed by atoms with Crippen LogP contribution in [0.3, 0.4) is 0 Å². The van der Waals surface area contributed by atoms with Gasteiger partial charge in [0.15, 0.2) is 11.9 Å². The zero-order chi connectivity index (χ0) is 19.3. The van der Waals surface area contributed by atoms with Crippen molar-refractivity contribution in [2.45, 2.75) is 50.2 Å². The van der Waals surface area contributed by atoms with E-state index in [4.69, 9.17) is 4.74 Å². The van der Waals surface area contributed by atoms with E-state index in [0.717, 1.165) is 12.8 Å². The van der Waals surface area contributed by atoms with Crippen LogP contribution in [-0.2, 0) is 24.3 Å². The lowest BCUT2D eigenvalue weighted by atomic mass is 10.2. The minimum Gasteiger partial charge on any atom is -0.453 e. The maximum atomic E-state index is 12.2. The molecule has 2 rings (SSSR count). The molecule has 1 saturated carbocycles. The molecule has 8 nitrogen and oxygen atoms in total. The van der Waals surface area contributed by atoms with Crippen molar-refractivity contribution in [3.63, 3.8) is 0 Å². The number of benzene rings is 1. The first-order valence-electron chi connectivity index (χ1n) is 8.29. The zero-order valence-corrected chi connectivity index (χ0v) is 15.5. The summed E-state index contributed by atoms with van der Waals surface area (Å²) >= 11 is 0. The second kappa shape index (κ2) is 8.41. The molecular formula is C17H22N2O6S. The van der Waals surface area contributed by atoms with Gasteiger partial charge in [-0.3, -0.25) is 14.4 Å². The van der Waals surface area contributed by atoms with Crippen molar-refractivity contribution in [1.29, 1.82) is 0 Å². The van der Waals surface area contributed by atoms with Crippen LogP contribution in [0.2, 0.25) is 0 Å². The van der Waals surface area contributed by atoms with Crippen molar-refractivity contribution >= 4 is 27.7 Å². The molecule has 0 spiro atoms. The van der Waals surface area contributed by atoms with Crippen LogP contribution in [0.5, 0.6) is 0 Å². The average Bonchev–Trinajstić information content (AvgIpc) is 3.38. The molecule has 0 aromatic heterocycles. The second-order valence-electron chi connectivity index (χ2n) is 6.15. The van der Waals surface area contributed by atoms with Gasteiger partial charge in [-0.15, -0.1) is 0 Å². The Morgan fingerprint density at radius 3 is 2.58 bits per heavy atom. The van der Waals surface area contributed by atoms with Crippen molar-refractivity contribution in [2.24, 2.45) is 0 Å². The first-order chi connectivity index (χ1) is 12.2. The monoisotopic (exact) mass is 382 g/mol. The van der Waals surface area contributed by atoms with Crippen molar-refractivity contribution in [2.75, 3.05) is 6.54 Å². The Morgan fingerprint density at radius 1 is 1.27 bits per heavy atom. The summed E-state index contributed by atoms with van der Waals surface area (Å²) in [6.45, 7) is 2.63. The zero-order valence-electron chi connectivity index (χ0n) is 14.7. The minimum atomic E-state index is -3.85. The van der Waals surface area contributed by atoms with E-state index >= 15 is 0 Å². The molecule has 26 heavy (non-hydrogen) atoms. The van der Waals surface area contributed by atoms with E-state index in [1.54, 1.807) is 0 Å². The number of Topliss-reactive ketones (excluding diaryl/α,β-unsaturated/α-hetero) is 1. The van der Waals surface area contributed by atoms with Crippen LogP contribution in [0.1, 0.15) is 43.5 Å². The summed E-state index contributed by atoms with van der Waals surface area (Å²) in [4.78, 5) is 34.7. The van der Waals surface area contributed by atoms with Crippen molar-refractivity contribution < 1.29 is 27.5 Å². The largest absolute Gasteiger partial charge is 0.453 e. The van der Waals surface area contributed by atoms with Crippen molar-refractivity contribution in [3.05, 3.63) is 29.8 Å². The van der Waals surface area contributed by atoms with E-state index in [9.17, 15) is 22.8 Å². The van der Waals surface area contributed by atoms with Gasteiger partial charge in [0.1, 0.15) is 0 Å². The van der Waals surface area contributed by atoms with E-state index in [-0.39, 0.29) is 41.2 Å². The van der Waals surface area contributed by atoms with E-state index in [2.05, 4.69) is 10.0 Å². The van der Waals surface area contributed by atoms with E-state index < -0.39 is 22.1 Å². The number of ether oxygens (including phenoxy) is 1. The van der Waals surface area contributed by atoms with Gasteiger partial charge in [-0.05, 0) is 38.8 Å². The molecule has 1 aliphatic carbocycles. The third kappa shape index (κ3) is 5.92. The molecule has 9 heteroatoms. The molecule has 1 aliphatic rings. The molecule has 1 atom stereocenters. The van der Waals surface area contributed by atoms with Crippen LogP contribution in [0.15, 0.2) is 29.2 Å². The van der Waals surface area contributed by atoms with Gasteiger partial charge in [-0.2, -0.15) is 0 Å². The fraction of sp³-hybridized carbons (Fsp3) is 0.471. The molecule has 0 unspecified atom stereocenters. The van der Waals surface area contributed by atoms with Crippen LogP contribution in [0, 0.1) is 0 Å². The molecule has 1 amide bonds. The van der Waals surface area contributed by atoms with Crippen LogP contribution in [0.4, 0.5) is 0 Å². The molecule has 0 radical (unpaired) electrons. The summed E-state index contributed by atoms with van der Waals surface area (Å²) in [5.74, 6) is -1.28. The predicted octanol–water partition coefficient (Wildman–Crippen LogP) is 0.768. The lowest BCUT2D eigenvalue weighted by Gasteiger charge is -2.13. The number of nitrogens with one attached hydrogen (secondary N) is 2. The van der Waals surface area contributed by atoms with Gasteiger partial charge >= 0.3 is 5.97 Å². The average molecular weight is 382 g/mol. The van der Waals surface area contributed by atoms with Gasteiger partial charge in [0, 0.05) is 18.2 Å². The van der Waals surface area contributed by atoms with Crippen LogP contribution < -0.4 is 10.0 Å². The van der Waals surface area contributed by atoms with Crippen LogP contribution in [0.25, 0.3) is 0 Å². The number of hydrogen-bond donors (Lipinski definition) is 2. The van der Waals surface area contributed by atoms with Crippen LogP contribution >= 0.6 is 0 Å².